The number of benzene rings is 1. The van der Waals surface area contributed by atoms with Gasteiger partial charge in [0.05, 0.1) is 5.56 Å². The van der Waals surface area contributed by atoms with Gasteiger partial charge in [-0.2, -0.15) is 18.2 Å². The average Bonchev–Trinajstić information content (AvgIpc) is 2.97. The Labute approximate surface area is 173 Å². The van der Waals surface area contributed by atoms with Crippen molar-refractivity contribution in [2.45, 2.75) is 12.6 Å². The van der Waals surface area contributed by atoms with Gasteiger partial charge in [0.1, 0.15) is 5.52 Å². The molecular weight excluding hydrogens is 425 g/mol. The number of halogens is 3. The fourth-order valence-electron chi connectivity index (χ4n) is 3.64. The Balaban J connectivity index is 1.47. The van der Waals surface area contributed by atoms with Gasteiger partial charge in [0.15, 0.2) is 5.58 Å². The number of urea groups is 1. The van der Waals surface area contributed by atoms with Crippen LogP contribution in [0.3, 0.4) is 0 Å². The van der Waals surface area contributed by atoms with Crippen LogP contribution in [0.25, 0.3) is 11.1 Å². The lowest BCUT2D eigenvalue weighted by atomic mass is 10.2. The number of alkyl halides is 3. The summed E-state index contributed by atoms with van der Waals surface area (Å²) in [6.07, 6.45) is -3.91. The summed E-state index contributed by atoms with van der Waals surface area (Å²) < 4.78 is 44.3. The summed E-state index contributed by atoms with van der Waals surface area (Å²) in [7, 11) is 0. The number of rotatable bonds is 1. The molecule has 1 aromatic carbocycles. The van der Waals surface area contributed by atoms with Crippen molar-refractivity contribution in [2.75, 3.05) is 43.4 Å². The Bertz CT molecular complexity index is 1010. The molecule has 30 heavy (non-hydrogen) atoms. The van der Waals surface area contributed by atoms with Crippen molar-refractivity contribution in [3.8, 4) is 0 Å². The number of aromatic nitrogens is 1. The first-order chi connectivity index (χ1) is 14.2. The van der Waals surface area contributed by atoms with Gasteiger partial charge in [0, 0.05) is 32.7 Å². The molecule has 0 N–H and O–H groups in total. The Morgan fingerprint density at radius 2 is 1.90 bits per heavy atom. The molecule has 0 atom stereocenters. The van der Waals surface area contributed by atoms with Crippen molar-refractivity contribution in [2.24, 2.45) is 0 Å². The van der Waals surface area contributed by atoms with Crippen LogP contribution in [-0.4, -0.2) is 70.3 Å². The third-order valence-corrected chi connectivity index (χ3v) is 6.67. The van der Waals surface area contributed by atoms with E-state index in [-0.39, 0.29) is 30.2 Å². The quantitative estimate of drug-likeness (QED) is 0.618. The second-order valence-electron chi connectivity index (χ2n) is 7.27. The molecular formula is C18H21F3N4O4S. The van der Waals surface area contributed by atoms with Gasteiger partial charge >= 0.3 is 18.1 Å². The van der Waals surface area contributed by atoms with Gasteiger partial charge in [-0.25, -0.2) is 16.6 Å². The van der Waals surface area contributed by atoms with Crippen LogP contribution >= 0.6 is 11.8 Å². The fourth-order valence-corrected chi connectivity index (χ4v) is 4.84. The van der Waals surface area contributed by atoms with Crippen LogP contribution < -0.4 is 4.90 Å². The second kappa shape index (κ2) is 7.82. The lowest BCUT2D eigenvalue weighted by Gasteiger charge is -2.30. The van der Waals surface area contributed by atoms with Crippen LogP contribution in [0.1, 0.15) is 12.0 Å². The zero-order chi connectivity index (χ0) is 21.5. The number of amides is 3. The van der Waals surface area contributed by atoms with E-state index in [0.717, 1.165) is 17.0 Å². The molecule has 0 aliphatic carbocycles. The number of imide groups is 1. The fraction of sp³-hybridized carbons (Fsp3) is 0.444. The van der Waals surface area contributed by atoms with E-state index >= 15 is 0 Å². The molecule has 12 heteroatoms. The molecule has 3 amide bonds. The zero-order valence-corrected chi connectivity index (χ0v) is 17.4. The molecule has 0 radical (unpaired) electrons. The highest BCUT2D eigenvalue weighted by Crippen LogP contribution is 2.32. The number of oxazole rings is 1. The number of nitrogens with zero attached hydrogens (tertiary/aromatic N) is 4. The Kier molecular flexibility index (Phi) is 5.35. The van der Waals surface area contributed by atoms with Crippen molar-refractivity contribution in [1.82, 2.24) is 14.8 Å². The normalized spacial score (nSPS) is 19.1. The molecule has 2 aromatic rings. The van der Waals surface area contributed by atoms with E-state index in [1.54, 1.807) is 4.90 Å². The van der Waals surface area contributed by atoms with Gasteiger partial charge in [0.25, 0.3) is 6.01 Å². The van der Waals surface area contributed by atoms with Crippen LogP contribution in [-0.2, 0) is 15.8 Å². The van der Waals surface area contributed by atoms with E-state index in [1.165, 1.54) is 11.0 Å². The summed E-state index contributed by atoms with van der Waals surface area (Å²) in [5.74, 6) is -0.113. The average molecular weight is 446 g/mol. The SMILES string of the molecule is O=C1[SH4]CCN(C(=O)N2CCCN(c3nc4cc(C(F)(F)F)ccc4o3)CC2)C1=O. The second-order valence-corrected chi connectivity index (χ2v) is 9.12. The smallest absolute Gasteiger partial charge is 0.416 e. The molecule has 0 unspecified atom stereocenters. The van der Waals surface area contributed by atoms with Crippen molar-refractivity contribution in [3.05, 3.63) is 23.8 Å². The summed E-state index contributed by atoms with van der Waals surface area (Å²) in [5, 5.41) is -0.421. The molecule has 3 heterocycles. The predicted octanol–water partition coefficient (Wildman–Crippen LogP) is 1.51. The van der Waals surface area contributed by atoms with Crippen LogP contribution in [0.2, 0.25) is 0 Å². The Hall–Kier alpha value is -2.76. The van der Waals surface area contributed by atoms with E-state index in [2.05, 4.69) is 4.98 Å². The molecule has 1 aromatic heterocycles. The third-order valence-electron chi connectivity index (χ3n) is 5.24. The standard InChI is InChI=1S/C18H21F3N4O4S/c19-18(20,21)11-2-3-13-12(10-11)22-16(29-13)23-4-1-5-24(7-6-23)17(28)25-8-9-30-15(27)14(25)26/h2-3,10H,1,4-9H2,30H4. The summed E-state index contributed by atoms with van der Waals surface area (Å²) in [6, 6.07) is 2.84. The molecule has 0 spiro atoms. The van der Waals surface area contributed by atoms with E-state index in [0.29, 0.717) is 31.8 Å². The highest BCUT2D eigenvalue weighted by atomic mass is 32.2. The van der Waals surface area contributed by atoms with E-state index in [1.807, 2.05) is 0 Å². The molecule has 2 fully saturated rings. The minimum Gasteiger partial charge on any atom is -0.423 e. The number of carbonyl (C=O) groups is 3. The van der Waals surface area contributed by atoms with E-state index in [9.17, 15) is 27.6 Å². The molecule has 164 valence electrons. The van der Waals surface area contributed by atoms with Crippen molar-refractivity contribution >= 4 is 45.9 Å². The molecule has 2 aliphatic rings. The first kappa shape index (κ1) is 20.5. The number of fused-ring (bicyclic) bond motifs is 1. The van der Waals surface area contributed by atoms with Gasteiger partial charge in [-0.3, -0.25) is 14.5 Å². The topological polar surface area (TPSA) is 87.0 Å². The Morgan fingerprint density at radius 1 is 1.10 bits per heavy atom. The predicted molar refractivity (Wildman–Crippen MR) is 108 cm³/mol. The molecule has 0 saturated carbocycles. The molecule has 8 nitrogen and oxygen atoms in total. The van der Waals surface area contributed by atoms with Crippen molar-refractivity contribution in [1.29, 1.82) is 0 Å². The monoisotopic (exact) mass is 446 g/mol. The maximum Gasteiger partial charge on any atom is 0.416 e. The minimum atomic E-state index is -4.47. The molecule has 2 saturated heterocycles. The third kappa shape index (κ3) is 3.95. The molecule has 4 rings (SSSR count). The maximum absolute atomic E-state index is 12.9. The summed E-state index contributed by atoms with van der Waals surface area (Å²) in [4.78, 5) is 44.9. The Morgan fingerprint density at radius 3 is 2.67 bits per heavy atom. The lowest BCUT2D eigenvalue weighted by Crippen LogP contribution is -2.51. The molecule has 2 aliphatic heterocycles. The summed E-state index contributed by atoms with van der Waals surface area (Å²) in [5.41, 5.74) is -0.443. The lowest BCUT2D eigenvalue weighted by molar-refractivity contribution is -0.139. The largest absolute Gasteiger partial charge is 0.423 e. The summed E-state index contributed by atoms with van der Waals surface area (Å²) >= 11 is -1.08. The van der Waals surface area contributed by atoms with Gasteiger partial charge in [0.2, 0.25) is 5.12 Å². The highest BCUT2D eigenvalue weighted by molar-refractivity contribution is 8.15. The van der Waals surface area contributed by atoms with E-state index in [4.69, 9.17) is 4.42 Å². The van der Waals surface area contributed by atoms with Gasteiger partial charge < -0.3 is 14.2 Å². The van der Waals surface area contributed by atoms with Crippen LogP contribution in [0.5, 0.6) is 0 Å². The number of anilines is 1. The first-order valence-corrected chi connectivity index (χ1v) is 11.3. The number of hydrogen-bond acceptors (Lipinski definition) is 6. The maximum atomic E-state index is 12.9. The molecule has 0 bridgehead atoms. The summed E-state index contributed by atoms with van der Waals surface area (Å²) in [6.45, 7) is 1.78. The minimum absolute atomic E-state index is 0.110. The van der Waals surface area contributed by atoms with Crippen LogP contribution in [0.4, 0.5) is 24.0 Å². The van der Waals surface area contributed by atoms with Crippen molar-refractivity contribution in [3.63, 3.8) is 0 Å². The van der Waals surface area contributed by atoms with Gasteiger partial charge in [-0.1, -0.05) is 0 Å². The van der Waals surface area contributed by atoms with Gasteiger partial charge in [-0.15, -0.1) is 0 Å². The number of carbonyl (C=O) groups excluding carboxylic acids is 3. The van der Waals surface area contributed by atoms with Crippen molar-refractivity contribution < 1.29 is 32.0 Å². The van der Waals surface area contributed by atoms with Crippen LogP contribution in [0.15, 0.2) is 22.6 Å². The van der Waals surface area contributed by atoms with Crippen LogP contribution in [0, 0.1) is 0 Å². The van der Waals surface area contributed by atoms with E-state index < -0.39 is 40.6 Å². The van der Waals surface area contributed by atoms with Gasteiger partial charge in [-0.05, 0) is 30.4 Å². The highest BCUT2D eigenvalue weighted by Gasteiger charge is 2.34. The zero-order valence-electron chi connectivity index (χ0n) is 15.9. The number of hydrogen-bond donors (Lipinski definition) is 0. The first-order valence-electron chi connectivity index (χ1n) is 9.60.